The molecule has 2 aromatic rings. The van der Waals surface area contributed by atoms with Crippen molar-refractivity contribution in [3.8, 4) is 0 Å². The smallest absolute Gasteiger partial charge is 0.410 e. The van der Waals surface area contributed by atoms with Crippen molar-refractivity contribution in [2.24, 2.45) is 0 Å². The number of unbranched alkanes of at least 4 members (excludes halogenated alkanes) is 1. The summed E-state index contributed by atoms with van der Waals surface area (Å²) in [6, 6.07) is 13.4. The van der Waals surface area contributed by atoms with Gasteiger partial charge in [0.1, 0.15) is 0 Å². The minimum atomic E-state index is -0.253. The number of hydrazine groups is 1. The van der Waals surface area contributed by atoms with Crippen molar-refractivity contribution >= 4 is 47.6 Å². The minimum absolute atomic E-state index is 0. The van der Waals surface area contributed by atoms with Crippen LogP contribution in [-0.2, 0) is 11.2 Å². The molecule has 1 unspecified atom stereocenters. The molecule has 2 fully saturated rings. The number of rotatable bonds is 7. The number of piperidine rings is 1. The average molecular weight is 555 g/mol. The number of ether oxygens (including phenoxy) is 1. The van der Waals surface area contributed by atoms with Crippen LogP contribution in [0.25, 0.3) is 0 Å². The summed E-state index contributed by atoms with van der Waals surface area (Å²) in [5.74, 6) is -0.0300. The molecule has 2 aliphatic heterocycles. The van der Waals surface area contributed by atoms with Crippen molar-refractivity contribution in [1.29, 1.82) is 0 Å². The van der Waals surface area contributed by atoms with E-state index >= 15 is 0 Å². The summed E-state index contributed by atoms with van der Waals surface area (Å²) < 4.78 is 5.31. The highest BCUT2D eigenvalue weighted by molar-refractivity contribution is 6.42. The topological polar surface area (TPSA) is 53.1 Å². The summed E-state index contributed by atoms with van der Waals surface area (Å²) in [5.41, 5.74) is 2.77. The number of nitrogens with zero attached hydrogens (tertiary/aromatic N) is 3. The predicted molar refractivity (Wildman–Crippen MR) is 146 cm³/mol. The summed E-state index contributed by atoms with van der Waals surface area (Å²) in [5, 5.41) is 4.80. The number of amides is 2. The van der Waals surface area contributed by atoms with Crippen LogP contribution >= 0.6 is 35.6 Å². The van der Waals surface area contributed by atoms with E-state index in [-0.39, 0.29) is 36.5 Å². The molecule has 0 aliphatic carbocycles. The fourth-order valence-electron chi connectivity index (χ4n) is 5.11. The van der Waals surface area contributed by atoms with Gasteiger partial charge in [-0.1, -0.05) is 60.8 Å². The number of hydrogen-bond donors (Lipinski definition) is 0. The van der Waals surface area contributed by atoms with Crippen molar-refractivity contribution in [2.75, 3.05) is 26.7 Å². The van der Waals surface area contributed by atoms with Gasteiger partial charge in [-0.05, 0) is 61.4 Å². The summed E-state index contributed by atoms with van der Waals surface area (Å²) in [4.78, 5) is 28.0. The summed E-state index contributed by atoms with van der Waals surface area (Å²) in [6.07, 6.45) is 4.99. The van der Waals surface area contributed by atoms with Crippen LogP contribution in [-0.4, -0.2) is 59.7 Å². The maximum atomic E-state index is 13.7. The second kappa shape index (κ2) is 13.0. The number of benzene rings is 2. The number of aryl methyl sites for hydroxylation is 1. The first-order chi connectivity index (χ1) is 16.9. The zero-order valence-electron chi connectivity index (χ0n) is 20.8. The molecular weight excluding hydrogens is 521 g/mol. The first-order valence-corrected chi connectivity index (χ1v) is 13.2. The van der Waals surface area contributed by atoms with Crippen molar-refractivity contribution < 1.29 is 14.3 Å². The van der Waals surface area contributed by atoms with Gasteiger partial charge in [0.2, 0.25) is 0 Å². The van der Waals surface area contributed by atoms with E-state index in [1.54, 1.807) is 11.1 Å². The van der Waals surface area contributed by atoms with Gasteiger partial charge in [-0.15, -0.1) is 12.4 Å². The van der Waals surface area contributed by atoms with Gasteiger partial charge in [-0.3, -0.25) is 9.80 Å². The van der Waals surface area contributed by atoms with E-state index in [0.717, 1.165) is 48.8 Å². The van der Waals surface area contributed by atoms with Gasteiger partial charge < -0.3 is 9.64 Å². The van der Waals surface area contributed by atoms with Crippen LogP contribution in [0.5, 0.6) is 0 Å². The SMILES string of the molecule is CCCCc1ccccc1C(=O)N(C)N1CCC(N2CCCOC2=O)C[C@H]1c1ccc(Cl)c(Cl)c1.Cl. The van der Waals surface area contributed by atoms with Crippen LogP contribution in [0.1, 0.15) is 66.6 Å². The molecule has 2 amide bonds. The van der Waals surface area contributed by atoms with Gasteiger partial charge in [0.15, 0.2) is 0 Å². The Bertz CT molecular complexity index is 1070. The van der Waals surface area contributed by atoms with Crippen LogP contribution in [0, 0.1) is 0 Å². The standard InChI is InChI=1S/C27H33Cl2N3O3.ClH/c1-3-4-8-19-9-5-6-10-22(19)26(33)30(2)32-15-13-21(31-14-7-16-35-27(31)34)18-25(32)20-11-12-23(28)24(29)17-20;/h5-6,9-12,17,21,25H,3-4,7-8,13-16,18H2,1-2H3;1H/t21?,25-;/m0./s1. The molecular formula is C27H34Cl3N3O3. The molecule has 36 heavy (non-hydrogen) atoms. The largest absolute Gasteiger partial charge is 0.449 e. The van der Waals surface area contributed by atoms with Gasteiger partial charge in [0.25, 0.3) is 5.91 Å². The molecule has 4 rings (SSSR count). The Balaban J connectivity index is 0.00000361. The van der Waals surface area contributed by atoms with Crippen molar-refractivity contribution in [1.82, 2.24) is 14.9 Å². The normalized spacial score (nSPS) is 20.4. The van der Waals surface area contributed by atoms with Crippen LogP contribution in [0.2, 0.25) is 10.0 Å². The second-order valence-electron chi connectivity index (χ2n) is 9.28. The first kappa shape index (κ1) is 28.6. The Morgan fingerprint density at radius 1 is 1.14 bits per heavy atom. The van der Waals surface area contributed by atoms with Gasteiger partial charge in [-0.2, -0.15) is 0 Å². The maximum Gasteiger partial charge on any atom is 0.410 e. The molecule has 2 aliphatic rings. The molecule has 0 spiro atoms. The Labute approximate surface area is 229 Å². The lowest BCUT2D eigenvalue weighted by molar-refractivity contribution is -0.0616. The van der Waals surface area contributed by atoms with E-state index in [2.05, 4.69) is 11.9 Å². The molecule has 0 bridgehead atoms. The molecule has 0 saturated carbocycles. The molecule has 0 N–H and O–H groups in total. The molecule has 2 atom stereocenters. The van der Waals surface area contributed by atoms with Gasteiger partial charge in [-0.25, -0.2) is 9.80 Å². The van der Waals surface area contributed by atoms with Gasteiger partial charge >= 0.3 is 6.09 Å². The Morgan fingerprint density at radius 2 is 1.92 bits per heavy atom. The number of carbonyl (C=O) groups is 2. The molecule has 9 heteroatoms. The van der Waals surface area contributed by atoms with E-state index in [0.29, 0.717) is 36.2 Å². The van der Waals surface area contributed by atoms with Crippen molar-refractivity contribution in [3.63, 3.8) is 0 Å². The van der Waals surface area contributed by atoms with Crippen molar-refractivity contribution in [3.05, 3.63) is 69.2 Å². The van der Waals surface area contributed by atoms with E-state index in [4.69, 9.17) is 27.9 Å². The van der Waals surface area contributed by atoms with E-state index in [9.17, 15) is 9.59 Å². The lowest BCUT2D eigenvalue weighted by atomic mass is 9.91. The number of cyclic esters (lactones) is 1. The van der Waals surface area contributed by atoms with Gasteiger partial charge in [0.05, 0.1) is 22.7 Å². The molecule has 2 saturated heterocycles. The summed E-state index contributed by atoms with van der Waals surface area (Å²) in [7, 11) is 1.83. The van der Waals surface area contributed by atoms with Crippen LogP contribution in [0.4, 0.5) is 4.79 Å². The molecule has 2 heterocycles. The quantitative estimate of drug-likeness (QED) is 0.378. The minimum Gasteiger partial charge on any atom is -0.449 e. The average Bonchev–Trinajstić information content (AvgIpc) is 2.88. The Morgan fingerprint density at radius 3 is 2.64 bits per heavy atom. The van der Waals surface area contributed by atoms with Crippen molar-refractivity contribution in [2.45, 2.75) is 57.5 Å². The molecule has 196 valence electrons. The number of halogens is 3. The molecule has 6 nitrogen and oxygen atoms in total. The third-order valence-corrected chi connectivity index (χ3v) is 7.78. The zero-order valence-corrected chi connectivity index (χ0v) is 23.1. The van der Waals surface area contributed by atoms with E-state index in [1.807, 2.05) is 48.3 Å². The summed E-state index contributed by atoms with van der Waals surface area (Å²) in [6.45, 7) is 3.94. The fourth-order valence-corrected chi connectivity index (χ4v) is 5.42. The molecule has 0 radical (unpaired) electrons. The third-order valence-electron chi connectivity index (χ3n) is 7.05. The highest BCUT2D eigenvalue weighted by Gasteiger charge is 2.39. The van der Waals surface area contributed by atoms with E-state index in [1.165, 1.54) is 0 Å². The van der Waals surface area contributed by atoms with E-state index < -0.39 is 0 Å². The number of carbonyl (C=O) groups excluding carboxylic acids is 2. The van der Waals surface area contributed by atoms with Crippen LogP contribution < -0.4 is 0 Å². The zero-order chi connectivity index (χ0) is 24.9. The second-order valence-corrected chi connectivity index (χ2v) is 10.1. The highest BCUT2D eigenvalue weighted by Crippen LogP contribution is 2.37. The highest BCUT2D eigenvalue weighted by atomic mass is 35.5. The van der Waals surface area contributed by atoms with Crippen LogP contribution in [0.3, 0.4) is 0 Å². The van der Waals surface area contributed by atoms with Gasteiger partial charge in [0, 0.05) is 31.7 Å². The first-order valence-electron chi connectivity index (χ1n) is 12.4. The third kappa shape index (κ3) is 6.28. The number of hydrogen-bond acceptors (Lipinski definition) is 4. The predicted octanol–water partition coefficient (Wildman–Crippen LogP) is 6.79. The Kier molecular flexibility index (Phi) is 10.3. The Hall–Kier alpha value is -1.99. The van der Waals surface area contributed by atoms with Crippen LogP contribution in [0.15, 0.2) is 42.5 Å². The lowest BCUT2D eigenvalue weighted by Crippen LogP contribution is -2.55. The lowest BCUT2D eigenvalue weighted by Gasteiger charge is -2.47. The monoisotopic (exact) mass is 553 g/mol. The molecule has 0 aromatic heterocycles. The fraction of sp³-hybridized carbons (Fsp3) is 0.481. The maximum absolute atomic E-state index is 13.7. The molecule has 2 aromatic carbocycles. The summed E-state index contributed by atoms with van der Waals surface area (Å²) >= 11 is 12.6.